The molecule has 1 aromatic rings. The van der Waals surface area contributed by atoms with Gasteiger partial charge < -0.3 is 4.74 Å². The van der Waals surface area contributed by atoms with Gasteiger partial charge in [0, 0.05) is 5.70 Å². The van der Waals surface area contributed by atoms with Crippen LogP contribution in [0.15, 0.2) is 53.3 Å². The lowest BCUT2D eigenvalue weighted by molar-refractivity contribution is 0.150. The van der Waals surface area contributed by atoms with Crippen molar-refractivity contribution in [2.75, 3.05) is 0 Å². The van der Waals surface area contributed by atoms with E-state index in [1.54, 1.807) is 12.1 Å². The van der Waals surface area contributed by atoms with Crippen LogP contribution < -0.4 is 4.74 Å². The Kier molecular flexibility index (Phi) is 5.42. The molecule has 0 aliphatic carbocycles. The van der Waals surface area contributed by atoms with Gasteiger partial charge in [-0.1, -0.05) is 49.6 Å². The summed E-state index contributed by atoms with van der Waals surface area (Å²) in [5, 5.41) is 0. The zero-order valence-corrected chi connectivity index (χ0v) is 13.9. The number of carbonyl (C=O) groups is 1. The van der Waals surface area contributed by atoms with Crippen molar-refractivity contribution in [2.24, 2.45) is 0 Å². The van der Waals surface area contributed by atoms with E-state index in [4.69, 9.17) is 4.74 Å². The molecule has 0 bridgehead atoms. The predicted octanol–water partition coefficient (Wildman–Crippen LogP) is 5.30. The number of hydrogen-bond donors (Lipinski definition) is 0. The van der Waals surface area contributed by atoms with Crippen molar-refractivity contribution in [2.45, 2.75) is 53.0 Å². The zero-order chi connectivity index (χ0) is 16.1. The quantitative estimate of drug-likeness (QED) is 0.755. The van der Waals surface area contributed by atoms with Crippen molar-refractivity contribution in [1.29, 1.82) is 0 Å². The summed E-state index contributed by atoms with van der Waals surface area (Å²) in [5.41, 5.74) is 3.32. The Bertz CT molecular complexity index is 587. The topological polar surface area (TPSA) is 29.5 Å². The molecule has 0 saturated carbocycles. The third-order valence-corrected chi connectivity index (χ3v) is 4.19. The Labute approximate surface area is 133 Å². The summed E-state index contributed by atoms with van der Waals surface area (Å²) in [6, 6.07) is 9.35. The molecule has 0 spiro atoms. The van der Waals surface area contributed by atoms with Gasteiger partial charge in [0.15, 0.2) is 0 Å². The molecule has 1 aliphatic rings. The summed E-state index contributed by atoms with van der Waals surface area (Å²) < 4.78 is 5.56. The van der Waals surface area contributed by atoms with Gasteiger partial charge in [0.2, 0.25) is 0 Å². The summed E-state index contributed by atoms with van der Waals surface area (Å²) in [4.78, 5) is 14.5. The van der Waals surface area contributed by atoms with E-state index in [0.717, 1.165) is 30.5 Å². The summed E-state index contributed by atoms with van der Waals surface area (Å²) in [7, 11) is 0. The van der Waals surface area contributed by atoms with E-state index in [2.05, 4.69) is 19.9 Å². The normalized spacial score (nSPS) is 18.3. The molecule has 1 aliphatic heterocycles. The van der Waals surface area contributed by atoms with Crippen molar-refractivity contribution < 1.29 is 9.53 Å². The van der Waals surface area contributed by atoms with Crippen molar-refractivity contribution >= 4 is 6.09 Å². The third-order valence-electron chi connectivity index (χ3n) is 4.19. The van der Waals surface area contributed by atoms with Crippen LogP contribution in [0.4, 0.5) is 4.79 Å². The smallest absolute Gasteiger partial charge is 0.410 e. The highest BCUT2D eigenvalue weighted by molar-refractivity contribution is 5.74. The van der Waals surface area contributed by atoms with E-state index in [-0.39, 0.29) is 12.1 Å². The number of unbranched alkanes of at least 4 members (excludes halogenated alkanes) is 1. The molecule has 1 amide bonds. The number of carbonyl (C=O) groups excluding carboxylic acids is 1. The molecule has 3 nitrogen and oxygen atoms in total. The number of rotatable bonds is 4. The largest absolute Gasteiger partial charge is 0.420 e. The fourth-order valence-electron chi connectivity index (χ4n) is 2.83. The first kappa shape index (κ1) is 16.3. The average Bonchev–Trinajstić information content (AvgIpc) is 2.50. The van der Waals surface area contributed by atoms with Crippen molar-refractivity contribution in [3.05, 3.63) is 53.3 Å². The van der Waals surface area contributed by atoms with Crippen molar-refractivity contribution in [3.8, 4) is 5.75 Å². The number of allylic oxidation sites excluding steroid dienone is 3. The van der Waals surface area contributed by atoms with Crippen LogP contribution in [-0.4, -0.2) is 17.0 Å². The highest BCUT2D eigenvalue weighted by Crippen LogP contribution is 2.30. The standard InChI is InChI=1S/C19H25NO2/c1-5-6-12-18-15(3)13-14(2)16(4)20(18)19(21)22-17-10-8-7-9-11-17/h7-11,13,18H,5-6,12H2,1-4H3. The molecule has 2 rings (SSSR count). The number of amides is 1. The lowest BCUT2D eigenvalue weighted by atomic mass is 9.94. The molecule has 1 unspecified atom stereocenters. The fraction of sp³-hybridized carbons (Fsp3) is 0.421. The second-order valence-corrected chi connectivity index (χ2v) is 5.87. The Morgan fingerprint density at radius 1 is 1.18 bits per heavy atom. The molecule has 1 atom stereocenters. The van der Waals surface area contributed by atoms with E-state index >= 15 is 0 Å². The van der Waals surface area contributed by atoms with Gasteiger partial charge in [-0.25, -0.2) is 4.79 Å². The molecule has 0 saturated heterocycles. The van der Waals surface area contributed by atoms with Crippen LogP contribution in [0.25, 0.3) is 0 Å². The Morgan fingerprint density at radius 2 is 1.86 bits per heavy atom. The van der Waals surface area contributed by atoms with Gasteiger partial charge >= 0.3 is 6.09 Å². The number of para-hydroxylation sites is 1. The zero-order valence-electron chi connectivity index (χ0n) is 13.9. The summed E-state index contributed by atoms with van der Waals surface area (Å²) in [6.45, 7) is 8.29. The Hall–Kier alpha value is -2.03. The first-order chi connectivity index (χ1) is 10.5. The van der Waals surface area contributed by atoms with Crippen LogP contribution in [-0.2, 0) is 0 Å². The van der Waals surface area contributed by atoms with Gasteiger partial charge in [-0.2, -0.15) is 0 Å². The maximum atomic E-state index is 12.7. The number of hydrogen-bond acceptors (Lipinski definition) is 2. The highest BCUT2D eigenvalue weighted by Gasteiger charge is 2.31. The van der Waals surface area contributed by atoms with Crippen molar-refractivity contribution in [3.63, 3.8) is 0 Å². The SMILES string of the molecule is CCCCC1C(C)=CC(C)=C(C)N1C(=O)Oc1ccccc1. The van der Waals surface area contributed by atoms with Crippen molar-refractivity contribution in [1.82, 2.24) is 4.90 Å². The lowest BCUT2D eigenvalue weighted by Crippen LogP contribution is -2.43. The number of nitrogens with zero attached hydrogens (tertiary/aromatic N) is 1. The monoisotopic (exact) mass is 299 g/mol. The van der Waals surface area contributed by atoms with Crippen LogP contribution in [0.5, 0.6) is 5.75 Å². The van der Waals surface area contributed by atoms with Crippen LogP contribution in [0.1, 0.15) is 47.0 Å². The van der Waals surface area contributed by atoms with E-state index < -0.39 is 0 Å². The van der Waals surface area contributed by atoms with Crippen LogP contribution >= 0.6 is 0 Å². The molecule has 1 aromatic carbocycles. The highest BCUT2D eigenvalue weighted by atomic mass is 16.6. The molecule has 0 radical (unpaired) electrons. The molecular weight excluding hydrogens is 274 g/mol. The molecule has 0 aromatic heterocycles. The van der Waals surface area contributed by atoms with Gasteiger partial charge in [0.05, 0.1) is 6.04 Å². The molecule has 1 heterocycles. The fourth-order valence-corrected chi connectivity index (χ4v) is 2.83. The van der Waals surface area contributed by atoms with E-state index in [0.29, 0.717) is 5.75 Å². The molecule has 0 fully saturated rings. The number of benzene rings is 1. The van der Waals surface area contributed by atoms with Gasteiger partial charge in [-0.3, -0.25) is 4.90 Å². The van der Waals surface area contributed by atoms with Gasteiger partial charge in [-0.05, 0) is 44.9 Å². The lowest BCUT2D eigenvalue weighted by Gasteiger charge is -2.36. The van der Waals surface area contributed by atoms with Gasteiger partial charge in [0.1, 0.15) is 5.75 Å². The van der Waals surface area contributed by atoms with Crippen LogP contribution in [0.2, 0.25) is 0 Å². The first-order valence-corrected chi connectivity index (χ1v) is 7.96. The van der Waals surface area contributed by atoms with Gasteiger partial charge in [-0.15, -0.1) is 0 Å². The van der Waals surface area contributed by atoms with Gasteiger partial charge in [0.25, 0.3) is 0 Å². The second kappa shape index (κ2) is 7.30. The van der Waals surface area contributed by atoms with E-state index in [1.807, 2.05) is 36.9 Å². The third kappa shape index (κ3) is 3.59. The Balaban J connectivity index is 2.23. The molecule has 22 heavy (non-hydrogen) atoms. The summed E-state index contributed by atoms with van der Waals surface area (Å²) in [6.07, 6.45) is 5.07. The minimum absolute atomic E-state index is 0.0971. The Morgan fingerprint density at radius 3 is 2.50 bits per heavy atom. The average molecular weight is 299 g/mol. The van der Waals surface area contributed by atoms with Crippen LogP contribution in [0, 0.1) is 0 Å². The maximum absolute atomic E-state index is 12.7. The molecule has 3 heteroatoms. The molecule has 0 N–H and O–H groups in total. The predicted molar refractivity (Wildman–Crippen MR) is 89.7 cm³/mol. The second-order valence-electron chi connectivity index (χ2n) is 5.87. The number of ether oxygens (including phenoxy) is 1. The minimum Gasteiger partial charge on any atom is -0.410 e. The summed E-state index contributed by atoms with van der Waals surface area (Å²) >= 11 is 0. The van der Waals surface area contributed by atoms with E-state index in [9.17, 15) is 4.79 Å². The van der Waals surface area contributed by atoms with E-state index in [1.165, 1.54) is 5.57 Å². The maximum Gasteiger partial charge on any atom is 0.420 e. The first-order valence-electron chi connectivity index (χ1n) is 7.96. The molecular formula is C19H25NO2. The van der Waals surface area contributed by atoms with Crippen LogP contribution in [0.3, 0.4) is 0 Å². The minimum atomic E-state index is -0.295. The summed E-state index contributed by atoms with van der Waals surface area (Å²) in [5.74, 6) is 0.583. The molecule has 118 valence electrons.